The van der Waals surface area contributed by atoms with Gasteiger partial charge in [0, 0.05) is 34.1 Å². The molecule has 6 heteroatoms. The Hall–Kier alpha value is -5.07. The monoisotopic (exact) mass is 552 g/mol. The van der Waals surface area contributed by atoms with Gasteiger partial charge in [0.1, 0.15) is 0 Å². The molecule has 3 unspecified atom stereocenters. The van der Waals surface area contributed by atoms with Crippen LogP contribution in [-0.2, 0) is 0 Å². The van der Waals surface area contributed by atoms with Crippen molar-refractivity contribution in [3.63, 3.8) is 0 Å². The van der Waals surface area contributed by atoms with E-state index in [2.05, 4.69) is 0 Å². The molecular formula is C36H28N2O4. The highest BCUT2D eigenvalue weighted by atomic mass is 16.3. The van der Waals surface area contributed by atoms with Crippen molar-refractivity contribution in [1.82, 2.24) is 4.57 Å². The van der Waals surface area contributed by atoms with E-state index in [1.165, 1.54) is 4.90 Å². The number of aryl methyl sites for hydroxylation is 2. The predicted molar refractivity (Wildman–Crippen MR) is 162 cm³/mol. The lowest BCUT2D eigenvalue weighted by Gasteiger charge is -2.53. The summed E-state index contributed by atoms with van der Waals surface area (Å²) in [4.78, 5) is 45.2. The normalized spacial score (nSPS) is 21.0. The summed E-state index contributed by atoms with van der Waals surface area (Å²) in [5.74, 6) is -3.12. The van der Waals surface area contributed by atoms with Crippen molar-refractivity contribution in [2.75, 3.05) is 4.90 Å². The molecule has 3 atom stereocenters. The molecule has 0 saturated heterocycles. The number of benzene rings is 4. The molecular weight excluding hydrogens is 524 g/mol. The van der Waals surface area contributed by atoms with Crippen molar-refractivity contribution in [3.8, 4) is 5.69 Å². The standard InChI is InChI=1S/C36H28N2O4/c1-22-17-19-24(20-18-22)30-31-29(21-23(2)37(35(31)41)25-11-5-3-6-12-25)38(26-13-7-4-8-14-26)36(42)32(30)33(39)27-15-9-10-16-28(27)34(36)40/h3-21,30,32,42H,1-2H3. The second-order valence-electron chi connectivity index (χ2n) is 11.1. The molecule has 5 aromatic rings. The SMILES string of the molecule is Cc1ccc(C2c3c(cc(C)n(-c4ccccc4)c3=O)N(c3ccccc3)C3(O)C(=O)c4ccccc4C(=O)C23)cc1. The fraction of sp³-hybridized carbons (Fsp3) is 0.139. The van der Waals surface area contributed by atoms with Crippen LogP contribution in [-0.4, -0.2) is 27.0 Å². The summed E-state index contributed by atoms with van der Waals surface area (Å²) in [6, 6.07) is 34.4. The number of pyridine rings is 1. The Kier molecular flexibility index (Phi) is 5.85. The summed E-state index contributed by atoms with van der Waals surface area (Å²) in [5.41, 5.74) is 2.11. The van der Waals surface area contributed by atoms with Gasteiger partial charge in [0.2, 0.25) is 11.5 Å². The molecule has 1 aromatic heterocycles. The van der Waals surface area contributed by atoms with Crippen molar-refractivity contribution < 1.29 is 14.7 Å². The molecule has 1 aliphatic heterocycles. The van der Waals surface area contributed by atoms with Crippen LogP contribution in [0.3, 0.4) is 0 Å². The first-order valence-corrected chi connectivity index (χ1v) is 14.0. The number of nitrogens with zero attached hydrogens (tertiary/aromatic N) is 2. The maximum atomic E-state index is 14.7. The Morgan fingerprint density at radius 1 is 0.690 bits per heavy atom. The molecule has 1 aliphatic carbocycles. The van der Waals surface area contributed by atoms with Gasteiger partial charge in [0.05, 0.1) is 17.2 Å². The fourth-order valence-corrected chi connectivity index (χ4v) is 6.71. The van der Waals surface area contributed by atoms with Crippen LogP contribution in [0.5, 0.6) is 0 Å². The summed E-state index contributed by atoms with van der Waals surface area (Å²) in [5, 5.41) is 12.8. The second kappa shape index (κ2) is 9.50. The van der Waals surface area contributed by atoms with Gasteiger partial charge in [-0.25, -0.2) is 0 Å². The largest absolute Gasteiger partial charge is 0.363 e. The van der Waals surface area contributed by atoms with Gasteiger partial charge in [-0.15, -0.1) is 0 Å². The van der Waals surface area contributed by atoms with Crippen molar-refractivity contribution in [3.05, 3.63) is 159 Å². The molecule has 0 amide bonds. The van der Waals surface area contributed by atoms with Gasteiger partial charge in [-0.1, -0.05) is 90.5 Å². The van der Waals surface area contributed by atoms with Gasteiger partial charge in [0.25, 0.3) is 5.56 Å². The predicted octanol–water partition coefficient (Wildman–Crippen LogP) is 6.12. The molecule has 42 heavy (non-hydrogen) atoms. The van der Waals surface area contributed by atoms with Gasteiger partial charge < -0.3 is 10.0 Å². The highest BCUT2D eigenvalue weighted by Gasteiger charge is 2.63. The number of rotatable bonds is 3. The third kappa shape index (κ3) is 3.58. The Morgan fingerprint density at radius 3 is 1.90 bits per heavy atom. The molecule has 4 aromatic carbocycles. The molecule has 0 bridgehead atoms. The minimum atomic E-state index is -2.28. The van der Waals surface area contributed by atoms with E-state index >= 15 is 0 Å². The number of anilines is 2. The van der Waals surface area contributed by atoms with Gasteiger partial charge in [0.15, 0.2) is 5.78 Å². The van der Waals surface area contributed by atoms with Crippen LogP contribution in [0.25, 0.3) is 5.69 Å². The lowest BCUT2D eigenvalue weighted by molar-refractivity contribution is -0.00630. The van der Waals surface area contributed by atoms with E-state index in [4.69, 9.17) is 0 Å². The Bertz CT molecular complexity index is 1930. The number of carbonyl (C=O) groups excluding carboxylic acids is 2. The minimum Gasteiger partial charge on any atom is -0.363 e. The van der Waals surface area contributed by atoms with Crippen molar-refractivity contribution in [2.45, 2.75) is 25.5 Å². The van der Waals surface area contributed by atoms with Crippen molar-refractivity contribution in [1.29, 1.82) is 0 Å². The number of aliphatic hydroxyl groups is 1. The van der Waals surface area contributed by atoms with Crippen LogP contribution in [0.15, 0.2) is 120 Å². The average molecular weight is 553 g/mol. The maximum absolute atomic E-state index is 14.7. The highest BCUT2D eigenvalue weighted by Crippen LogP contribution is 2.55. The molecule has 2 aliphatic rings. The maximum Gasteiger partial charge on any atom is 0.261 e. The summed E-state index contributed by atoms with van der Waals surface area (Å²) in [7, 11) is 0. The van der Waals surface area contributed by atoms with Gasteiger partial charge >= 0.3 is 0 Å². The molecule has 7 rings (SSSR count). The Labute approximate surface area is 243 Å². The smallest absolute Gasteiger partial charge is 0.261 e. The van der Waals surface area contributed by atoms with E-state index in [1.54, 1.807) is 53.1 Å². The van der Waals surface area contributed by atoms with Crippen LogP contribution in [0.1, 0.15) is 49.0 Å². The number of Topliss-reactive ketones (excluding diaryl/α,β-unsaturated/α-hetero) is 2. The average Bonchev–Trinajstić information content (AvgIpc) is 3.00. The van der Waals surface area contributed by atoms with Crippen molar-refractivity contribution in [2.24, 2.45) is 5.92 Å². The number of aromatic nitrogens is 1. The number of fused-ring (bicyclic) bond motifs is 3. The Morgan fingerprint density at radius 2 is 1.26 bits per heavy atom. The van der Waals surface area contributed by atoms with E-state index in [-0.39, 0.29) is 22.5 Å². The van der Waals surface area contributed by atoms with E-state index in [1.807, 2.05) is 80.6 Å². The Balaban J connectivity index is 1.64. The zero-order valence-electron chi connectivity index (χ0n) is 23.2. The first kappa shape index (κ1) is 25.9. The van der Waals surface area contributed by atoms with E-state index in [9.17, 15) is 19.5 Å². The van der Waals surface area contributed by atoms with Crippen LogP contribution in [0.4, 0.5) is 11.4 Å². The van der Waals surface area contributed by atoms with Gasteiger partial charge in [-0.05, 0) is 49.7 Å². The molecule has 1 N–H and O–H groups in total. The number of hydrogen-bond donors (Lipinski definition) is 1. The molecule has 0 spiro atoms. The van der Waals surface area contributed by atoms with Gasteiger partial charge in [-0.2, -0.15) is 0 Å². The number of para-hydroxylation sites is 2. The van der Waals surface area contributed by atoms with Crippen LogP contribution < -0.4 is 10.5 Å². The number of ketones is 2. The molecule has 0 saturated carbocycles. The summed E-state index contributed by atoms with van der Waals surface area (Å²) in [6.45, 7) is 3.79. The second-order valence-corrected chi connectivity index (χ2v) is 11.1. The quantitative estimate of drug-likeness (QED) is 0.292. The fourth-order valence-electron chi connectivity index (χ4n) is 6.71. The molecule has 6 nitrogen and oxygen atoms in total. The van der Waals surface area contributed by atoms with Crippen molar-refractivity contribution >= 4 is 22.9 Å². The molecule has 2 heterocycles. The number of carbonyl (C=O) groups is 2. The lowest BCUT2D eigenvalue weighted by Crippen LogP contribution is -2.67. The molecule has 0 radical (unpaired) electrons. The molecule has 206 valence electrons. The lowest BCUT2D eigenvalue weighted by atomic mass is 9.62. The first-order valence-electron chi connectivity index (χ1n) is 14.0. The third-order valence-electron chi connectivity index (χ3n) is 8.59. The zero-order valence-corrected chi connectivity index (χ0v) is 23.2. The van der Waals surface area contributed by atoms with E-state index in [0.29, 0.717) is 33.9 Å². The van der Waals surface area contributed by atoms with E-state index in [0.717, 1.165) is 5.56 Å². The number of hydrogen-bond acceptors (Lipinski definition) is 5. The summed E-state index contributed by atoms with van der Waals surface area (Å²) >= 11 is 0. The third-order valence-corrected chi connectivity index (χ3v) is 8.59. The zero-order chi connectivity index (χ0) is 29.2. The topological polar surface area (TPSA) is 79.6 Å². The van der Waals surface area contributed by atoms with E-state index < -0.39 is 23.3 Å². The van der Waals surface area contributed by atoms with Gasteiger partial charge in [-0.3, -0.25) is 19.0 Å². The summed E-state index contributed by atoms with van der Waals surface area (Å²) in [6.07, 6.45) is 0. The van der Waals surface area contributed by atoms with Crippen LogP contribution in [0.2, 0.25) is 0 Å². The molecule has 0 fully saturated rings. The first-order chi connectivity index (χ1) is 20.3. The van der Waals surface area contributed by atoms with Crippen LogP contribution >= 0.6 is 0 Å². The minimum absolute atomic E-state index is 0.169. The highest BCUT2D eigenvalue weighted by molar-refractivity contribution is 6.21. The summed E-state index contributed by atoms with van der Waals surface area (Å²) < 4.78 is 1.64. The van der Waals surface area contributed by atoms with Crippen LogP contribution in [0, 0.1) is 19.8 Å².